The Balaban J connectivity index is 2.47. The predicted octanol–water partition coefficient (Wildman–Crippen LogP) is 2.24. The molecule has 1 aromatic rings. The molecule has 0 aliphatic heterocycles. The third-order valence-corrected chi connectivity index (χ3v) is 2.50. The molecule has 1 unspecified atom stereocenters. The molecule has 0 heterocycles. The normalized spacial score (nSPS) is 12.6. The van der Waals surface area contributed by atoms with Gasteiger partial charge in [-0.3, -0.25) is 4.79 Å². The first-order chi connectivity index (χ1) is 8.11. The summed E-state index contributed by atoms with van der Waals surface area (Å²) in [6.45, 7) is 1.92. The van der Waals surface area contributed by atoms with Crippen molar-refractivity contribution in [3.8, 4) is 0 Å². The van der Waals surface area contributed by atoms with Gasteiger partial charge in [-0.1, -0.05) is 23.7 Å². The van der Waals surface area contributed by atoms with Crippen LogP contribution in [-0.2, 0) is 4.79 Å². The van der Waals surface area contributed by atoms with Crippen molar-refractivity contribution in [3.05, 3.63) is 40.9 Å². The van der Waals surface area contributed by atoms with Crippen LogP contribution in [0.1, 0.15) is 18.9 Å². The largest absolute Gasteiger partial charge is 0.396 e. The number of benzene rings is 1. The van der Waals surface area contributed by atoms with E-state index in [-0.39, 0.29) is 18.6 Å². The third kappa shape index (κ3) is 5.52. The molecule has 1 atom stereocenters. The van der Waals surface area contributed by atoms with Gasteiger partial charge in [0.25, 0.3) is 0 Å². The minimum absolute atomic E-state index is 0.0256. The molecular weight excluding hydrogens is 238 g/mol. The molecule has 92 valence electrons. The number of nitrogens with one attached hydrogen (secondary N) is 1. The van der Waals surface area contributed by atoms with Gasteiger partial charge in [0.15, 0.2) is 0 Å². The van der Waals surface area contributed by atoms with Crippen molar-refractivity contribution in [2.24, 2.45) is 0 Å². The van der Waals surface area contributed by atoms with Crippen LogP contribution in [0.4, 0.5) is 0 Å². The van der Waals surface area contributed by atoms with Crippen LogP contribution in [0.3, 0.4) is 0 Å². The minimum atomic E-state index is -0.166. The zero-order valence-electron chi connectivity index (χ0n) is 9.69. The maximum atomic E-state index is 11.5. The van der Waals surface area contributed by atoms with Crippen molar-refractivity contribution in [2.45, 2.75) is 19.4 Å². The molecule has 0 saturated carbocycles. The van der Waals surface area contributed by atoms with Gasteiger partial charge in [0, 0.05) is 23.7 Å². The summed E-state index contributed by atoms with van der Waals surface area (Å²) in [6.07, 6.45) is 3.75. The Kier molecular flexibility index (Phi) is 5.73. The van der Waals surface area contributed by atoms with Gasteiger partial charge in [0.2, 0.25) is 5.91 Å². The number of amides is 1. The molecule has 1 aromatic carbocycles. The predicted molar refractivity (Wildman–Crippen MR) is 69.8 cm³/mol. The van der Waals surface area contributed by atoms with Gasteiger partial charge < -0.3 is 10.4 Å². The molecule has 0 saturated heterocycles. The van der Waals surface area contributed by atoms with E-state index in [0.717, 1.165) is 5.56 Å². The first kappa shape index (κ1) is 13.7. The molecule has 0 fully saturated rings. The molecule has 0 radical (unpaired) electrons. The van der Waals surface area contributed by atoms with Crippen molar-refractivity contribution < 1.29 is 9.90 Å². The van der Waals surface area contributed by atoms with E-state index in [1.54, 1.807) is 18.2 Å². The lowest BCUT2D eigenvalue weighted by Gasteiger charge is -2.09. The van der Waals surface area contributed by atoms with E-state index in [4.69, 9.17) is 16.7 Å². The van der Waals surface area contributed by atoms with Gasteiger partial charge in [0.1, 0.15) is 0 Å². The minimum Gasteiger partial charge on any atom is -0.396 e. The van der Waals surface area contributed by atoms with Crippen molar-refractivity contribution in [3.63, 3.8) is 0 Å². The summed E-state index contributed by atoms with van der Waals surface area (Å²) in [6, 6.07) is 7.19. The fourth-order valence-corrected chi connectivity index (χ4v) is 1.43. The van der Waals surface area contributed by atoms with Gasteiger partial charge in [0.05, 0.1) is 0 Å². The summed E-state index contributed by atoms with van der Waals surface area (Å²) in [5, 5.41) is 12.1. The van der Waals surface area contributed by atoms with E-state index in [9.17, 15) is 4.79 Å². The molecule has 0 aliphatic rings. The van der Waals surface area contributed by atoms with Crippen LogP contribution in [0.15, 0.2) is 30.3 Å². The number of hydrogen-bond acceptors (Lipinski definition) is 2. The maximum Gasteiger partial charge on any atom is 0.244 e. The van der Waals surface area contributed by atoms with Crippen molar-refractivity contribution in [1.29, 1.82) is 0 Å². The first-order valence-electron chi connectivity index (χ1n) is 5.47. The van der Waals surface area contributed by atoms with Crippen LogP contribution in [0, 0.1) is 0 Å². The Morgan fingerprint density at radius 3 is 2.71 bits per heavy atom. The van der Waals surface area contributed by atoms with Gasteiger partial charge in [-0.05, 0) is 37.1 Å². The van der Waals surface area contributed by atoms with Crippen LogP contribution >= 0.6 is 11.6 Å². The number of carbonyl (C=O) groups is 1. The quantitative estimate of drug-likeness (QED) is 0.791. The Hall–Kier alpha value is -1.32. The summed E-state index contributed by atoms with van der Waals surface area (Å²) in [7, 11) is 0. The number of hydrogen-bond donors (Lipinski definition) is 2. The van der Waals surface area contributed by atoms with E-state index in [0.29, 0.717) is 11.4 Å². The molecule has 0 aromatic heterocycles. The Morgan fingerprint density at radius 1 is 1.47 bits per heavy atom. The summed E-state index contributed by atoms with van der Waals surface area (Å²) >= 11 is 5.75. The molecular formula is C13H16ClNO2. The molecule has 0 bridgehead atoms. The fourth-order valence-electron chi connectivity index (χ4n) is 1.30. The molecule has 1 rings (SSSR count). The third-order valence-electron chi connectivity index (χ3n) is 2.25. The number of aliphatic hydroxyl groups is 1. The fraction of sp³-hybridized carbons (Fsp3) is 0.308. The van der Waals surface area contributed by atoms with Crippen LogP contribution < -0.4 is 5.32 Å². The lowest BCUT2D eigenvalue weighted by Crippen LogP contribution is -2.31. The van der Waals surface area contributed by atoms with E-state index < -0.39 is 0 Å². The summed E-state index contributed by atoms with van der Waals surface area (Å²) < 4.78 is 0. The zero-order chi connectivity index (χ0) is 12.7. The van der Waals surface area contributed by atoms with Gasteiger partial charge in [-0.25, -0.2) is 0 Å². The first-order valence-corrected chi connectivity index (χ1v) is 5.84. The number of carbonyl (C=O) groups excluding carboxylic acids is 1. The Labute approximate surface area is 106 Å². The summed E-state index contributed by atoms with van der Waals surface area (Å²) in [5.74, 6) is -0.166. The topological polar surface area (TPSA) is 49.3 Å². The average Bonchev–Trinajstić information content (AvgIpc) is 2.28. The lowest BCUT2D eigenvalue weighted by atomic mass is 10.2. The highest BCUT2D eigenvalue weighted by molar-refractivity contribution is 6.30. The summed E-state index contributed by atoms with van der Waals surface area (Å²) in [4.78, 5) is 11.5. The molecule has 2 N–H and O–H groups in total. The molecule has 17 heavy (non-hydrogen) atoms. The van der Waals surface area contributed by atoms with E-state index in [1.807, 2.05) is 19.1 Å². The van der Waals surface area contributed by atoms with Crippen molar-refractivity contribution in [1.82, 2.24) is 5.32 Å². The van der Waals surface area contributed by atoms with Crippen LogP contribution in [0.2, 0.25) is 5.02 Å². The molecule has 4 heteroatoms. The van der Waals surface area contributed by atoms with Crippen molar-refractivity contribution >= 4 is 23.6 Å². The number of aliphatic hydroxyl groups excluding tert-OH is 1. The zero-order valence-corrected chi connectivity index (χ0v) is 10.4. The second-order valence-corrected chi connectivity index (χ2v) is 4.24. The van der Waals surface area contributed by atoms with E-state index in [2.05, 4.69) is 5.32 Å². The van der Waals surface area contributed by atoms with Crippen LogP contribution in [0.5, 0.6) is 0 Å². The standard InChI is InChI=1S/C13H16ClNO2/c1-10(8-9-16)15-13(17)7-4-11-2-5-12(14)6-3-11/h2-7,10,16H,8-9H2,1H3,(H,15,17)/b7-4+. The number of halogens is 1. The molecule has 0 spiro atoms. The van der Waals surface area contributed by atoms with E-state index in [1.165, 1.54) is 6.08 Å². The smallest absolute Gasteiger partial charge is 0.244 e. The second kappa shape index (κ2) is 7.09. The van der Waals surface area contributed by atoms with Crippen LogP contribution in [-0.4, -0.2) is 23.7 Å². The highest BCUT2D eigenvalue weighted by Gasteiger charge is 2.02. The molecule has 0 aliphatic carbocycles. The van der Waals surface area contributed by atoms with Crippen LogP contribution in [0.25, 0.3) is 6.08 Å². The highest BCUT2D eigenvalue weighted by atomic mass is 35.5. The van der Waals surface area contributed by atoms with E-state index >= 15 is 0 Å². The highest BCUT2D eigenvalue weighted by Crippen LogP contribution is 2.10. The molecule has 1 amide bonds. The monoisotopic (exact) mass is 253 g/mol. The van der Waals surface area contributed by atoms with Gasteiger partial charge in [-0.15, -0.1) is 0 Å². The Bertz CT molecular complexity index is 387. The number of rotatable bonds is 5. The van der Waals surface area contributed by atoms with Crippen molar-refractivity contribution in [2.75, 3.05) is 6.61 Å². The van der Waals surface area contributed by atoms with Gasteiger partial charge >= 0.3 is 0 Å². The second-order valence-electron chi connectivity index (χ2n) is 3.81. The average molecular weight is 254 g/mol. The lowest BCUT2D eigenvalue weighted by molar-refractivity contribution is -0.117. The molecule has 3 nitrogen and oxygen atoms in total. The maximum absolute atomic E-state index is 11.5. The SMILES string of the molecule is CC(CCO)NC(=O)/C=C/c1ccc(Cl)cc1. The Morgan fingerprint density at radius 2 is 2.12 bits per heavy atom. The summed E-state index contributed by atoms with van der Waals surface area (Å²) in [5.41, 5.74) is 0.916. The van der Waals surface area contributed by atoms with Gasteiger partial charge in [-0.2, -0.15) is 0 Å².